The van der Waals surface area contributed by atoms with Gasteiger partial charge in [0, 0.05) is 42.0 Å². The van der Waals surface area contributed by atoms with Crippen LogP contribution in [-0.4, -0.2) is 59.5 Å². The van der Waals surface area contributed by atoms with Crippen LogP contribution in [0.3, 0.4) is 0 Å². The molecule has 6 heteroatoms. The van der Waals surface area contributed by atoms with Crippen molar-refractivity contribution in [3.8, 4) is 5.75 Å². The molecule has 4 saturated carbocycles. The fourth-order valence-corrected chi connectivity index (χ4v) is 9.79. The maximum Gasteiger partial charge on any atom is 0.252 e. The van der Waals surface area contributed by atoms with E-state index in [-0.39, 0.29) is 28.3 Å². The number of hydrogen-bond acceptors (Lipinski definition) is 5. The third-order valence-corrected chi connectivity index (χ3v) is 12.1. The van der Waals surface area contributed by atoms with Crippen LogP contribution < -0.4 is 10.5 Å². The standard InChI is InChI=1S/C30H42N2O4/c1-26(2,3)27(4,34)20-15-28-10-11-30(20,35-5)25-29(28)12-13-32(16-17-6-7-17)21(28)14-18-8-9-19(24(31)33)23(36-25)22(18)29/h8-9,17,20-21,25,34H,6-7,10-16H2,1-5H3,(H2,31,33)/t20?,21-,25-,27+,28-,29+,30-/m1/s1. The van der Waals surface area contributed by atoms with Crippen molar-refractivity contribution < 1.29 is 19.4 Å². The number of primary amides is 1. The van der Waals surface area contributed by atoms with Crippen molar-refractivity contribution in [2.45, 2.75) is 101 Å². The molecule has 1 saturated heterocycles. The van der Waals surface area contributed by atoms with Crippen LogP contribution in [0.1, 0.15) is 87.7 Å². The Kier molecular flexibility index (Phi) is 4.48. The Morgan fingerprint density at radius 3 is 2.61 bits per heavy atom. The number of hydrogen-bond donors (Lipinski definition) is 2. The van der Waals surface area contributed by atoms with Gasteiger partial charge < -0.3 is 20.3 Å². The van der Waals surface area contributed by atoms with E-state index in [0.717, 1.165) is 44.6 Å². The highest BCUT2D eigenvalue weighted by atomic mass is 16.6. The zero-order chi connectivity index (χ0) is 25.5. The third-order valence-electron chi connectivity index (χ3n) is 12.1. The van der Waals surface area contributed by atoms with Crippen molar-refractivity contribution in [2.75, 3.05) is 20.2 Å². The number of carbonyl (C=O) groups excluding carboxylic acids is 1. The molecule has 8 rings (SSSR count). The second-order valence-corrected chi connectivity index (χ2v) is 14.2. The normalized spacial score (nSPS) is 42.0. The van der Waals surface area contributed by atoms with E-state index in [1.807, 2.05) is 20.1 Å². The van der Waals surface area contributed by atoms with Crippen molar-refractivity contribution in [3.63, 3.8) is 0 Å². The Morgan fingerprint density at radius 1 is 1.22 bits per heavy atom. The van der Waals surface area contributed by atoms with Crippen molar-refractivity contribution in [2.24, 2.45) is 28.4 Å². The molecule has 0 aromatic heterocycles. The zero-order valence-electron chi connectivity index (χ0n) is 22.5. The summed E-state index contributed by atoms with van der Waals surface area (Å²) in [5.74, 6) is 1.04. The second-order valence-electron chi connectivity index (χ2n) is 14.2. The van der Waals surface area contributed by atoms with E-state index >= 15 is 0 Å². The number of ether oxygens (including phenoxy) is 2. The van der Waals surface area contributed by atoms with Gasteiger partial charge >= 0.3 is 0 Å². The first kappa shape index (κ1) is 23.5. The minimum Gasteiger partial charge on any atom is -0.485 e. The smallest absolute Gasteiger partial charge is 0.252 e. The van der Waals surface area contributed by atoms with Gasteiger partial charge in [0.25, 0.3) is 5.91 Å². The molecule has 3 N–H and O–H groups in total. The predicted octanol–water partition coefficient (Wildman–Crippen LogP) is 3.81. The molecule has 1 aromatic rings. The van der Waals surface area contributed by atoms with E-state index in [4.69, 9.17) is 15.2 Å². The predicted molar refractivity (Wildman–Crippen MR) is 137 cm³/mol. The van der Waals surface area contributed by atoms with E-state index in [2.05, 4.69) is 31.7 Å². The van der Waals surface area contributed by atoms with Gasteiger partial charge in [0.05, 0.1) is 11.2 Å². The molecule has 6 nitrogen and oxygen atoms in total. The zero-order valence-corrected chi connectivity index (χ0v) is 22.5. The van der Waals surface area contributed by atoms with Gasteiger partial charge in [0.15, 0.2) is 0 Å². The lowest BCUT2D eigenvalue weighted by Crippen LogP contribution is -2.83. The van der Waals surface area contributed by atoms with Gasteiger partial charge in [0.1, 0.15) is 17.5 Å². The first-order chi connectivity index (χ1) is 16.9. The molecule has 36 heavy (non-hydrogen) atoms. The lowest BCUT2D eigenvalue weighted by Gasteiger charge is -2.75. The summed E-state index contributed by atoms with van der Waals surface area (Å²) in [6.07, 6.45) is 7.34. The number of rotatable bonds is 5. The molecule has 7 aliphatic rings. The average molecular weight is 495 g/mol. The summed E-state index contributed by atoms with van der Waals surface area (Å²) in [7, 11) is 1.81. The number of benzene rings is 1. The molecule has 2 aliphatic heterocycles. The van der Waals surface area contributed by atoms with Crippen molar-refractivity contribution in [1.29, 1.82) is 0 Å². The van der Waals surface area contributed by atoms with Crippen molar-refractivity contribution in [1.82, 2.24) is 4.90 Å². The minimum absolute atomic E-state index is 0.0144. The molecule has 2 heterocycles. The maximum absolute atomic E-state index is 12.6. The quantitative estimate of drug-likeness (QED) is 0.650. The van der Waals surface area contributed by atoms with Crippen LogP contribution in [0, 0.1) is 22.7 Å². The molecule has 7 atom stereocenters. The molecule has 5 aliphatic carbocycles. The van der Waals surface area contributed by atoms with Crippen LogP contribution in [0.4, 0.5) is 0 Å². The van der Waals surface area contributed by atoms with Crippen molar-refractivity contribution >= 4 is 5.91 Å². The number of nitrogens with two attached hydrogens (primary N) is 1. The summed E-state index contributed by atoms with van der Waals surface area (Å²) in [5, 5.41) is 12.3. The number of amides is 1. The molecule has 1 unspecified atom stereocenters. The molecule has 0 radical (unpaired) electrons. The molecular weight excluding hydrogens is 452 g/mol. The van der Waals surface area contributed by atoms with Gasteiger partial charge in [-0.2, -0.15) is 0 Å². The number of methoxy groups -OCH3 is 1. The number of piperidine rings is 1. The molecule has 1 aromatic carbocycles. The largest absolute Gasteiger partial charge is 0.485 e. The summed E-state index contributed by atoms with van der Waals surface area (Å²) < 4.78 is 13.6. The number of nitrogens with zero attached hydrogens (tertiary/aromatic N) is 1. The monoisotopic (exact) mass is 494 g/mol. The average Bonchev–Trinajstić information content (AvgIpc) is 3.56. The van der Waals surface area contributed by atoms with E-state index in [1.54, 1.807) is 0 Å². The highest BCUT2D eigenvalue weighted by Crippen LogP contribution is 2.77. The number of carbonyl (C=O) groups is 1. The van der Waals surface area contributed by atoms with Gasteiger partial charge in [-0.15, -0.1) is 0 Å². The van der Waals surface area contributed by atoms with E-state index < -0.39 is 17.1 Å². The second kappa shape index (κ2) is 6.86. The summed E-state index contributed by atoms with van der Waals surface area (Å²) >= 11 is 0. The van der Waals surface area contributed by atoms with Gasteiger partial charge in [-0.3, -0.25) is 9.69 Å². The van der Waals surface area contributed by atoms with Crippen LogP contribution >= 0.6 is 0 Å². The van der Waals surface area contributed by atoms with Crippen LogP contribution in [-0.2, 0) is 16.6 Å². The van der Waals surface area contributed by atoms with Crippen LogP contribution in [0.25, 0.3) is 0 Å². The summed E-state index contributed by atoms with van der Waals surface area (Å²) in [6.45, 7) is 10.7. The first-order valence-electron chi connectivity index (χ1n) is 14.1. The molecule has 5 fully saturated rings. The Bertz CT molecular complexity index is 1150. The van der Waals surface area contributed by atoms with Gasteiger partial charge in [0.2, 0.25) is 0 Å². The lowest BCUT2D eigenvalue weighted by molar-refractivity contribution is -0.312. The van der Waals surface area contributed by atoms with Crippen LogP contribution in [0.15, 0.2) is 12.1 Å². The van der Waals surface area contributed by atoms with Gasteiger partial charge in [-0.1, -0.05) is 26.8 Å². The highest BCUT2D eigenvalue weighted by Gasteiger charge is 2.82. The Labute approximate surface area is 214 Å². The van der Waals surface area contributed by atoms with Crippen LogP contribution in [0.5, 0.6) is 5.75 Å². The molecule has 2 spiro atoms. The fraction of sp³-hybridized carbons (Fsp3) is 0.767. The topological polar surface area (TPSA) is 85.0 Å². The van der Waals surface area contributed by atoms with E-state index in [9.17, 15) is 9.90 Å². The first-order valence-corrected chi connectivity index (χ1v) is 14.1. The van der Waals surface area contributed by atoms with E-state index in [1.165, 1.54) is 30.5 Å². The number of aliphatic hydroxyl groups is 1. The SMILES string of the molecule is CO[C@]12CC[C@@]3(CC1[C@](C)(O)C(C)(C)C)[C@H]1Cc4ccc(C(N)=O)c5c4[C@@]3(CCN1CC1CC1)[C@H]2O5. The Morgan fingerprint density at radius 2 is 1.97 bits per heavy atom. The minimum atomic E-state index is -0.946. The lowest BCUT2D eigenvalue weighted by atomic mass is 9.33. The molecule has 4 bridgehead atoms. The third kappa shape index (κ3) is 2.48. The van der Waals surface area contributed by atoms with Gasteiger partial charge in [-0.25, -0.2) is 0 Å². The Balaban J connectivity index is 1.49. The molecule has 1 amide bonds. The summed E-state index contributed by atoms with van der Waals surface area (Å²) in [4.78, 5) is 15.4. The highest BCUT2D eigenvalue weighted by molar-refractivity contribution is 5.97. The Hall–Kier alpha value is -1.63. The number of likely N-dealkylation sites (tertiary alicyclic amines) is 1. The van der Waals surface area contributed by atoms with Crippen molar-refractivity contribution in [3.05, 3.63) is 28.8 Å². The fourth-order valence-electron chi connectivity index (χ4n) is 9.79. The van der Waals surface area contributed by atoms with Crippen LogP contribution in [0.2, 0.25) is 0 Å². The maximum atomic E-state index is 12.6. The molecule has 196 valence electrons. The van der Waals surface area contributed by atoms with Gasteiger partial charge in [-0.05, 0) is 81.4 Å². The summed E-state index contributed by atoms with van der Waals surface area (Å²) in [6, 6.07) is 4.45. The summed E-state index contributed by atoms with van der Waals surface area (Å²) in [5.41, 5.74) is 6.86. The number of fused-ring (bicyclic) bond motifs is 2. The molecular formula is C30H42N2O4. The van der Waals surface area contributed by atoms with E-state index in [0.29, 0.717) is 17.4 Å².